The first-order valence-corrected chi connectivity index (χ1v) is 4.08. The number of aromatic nitrogens is 4. The fraction of sp³-hybridized carbons (Fsp3) is 0. The predicted octanol–water partition coefficient (Wildman–Crippen LogP) is 0.0521. The minimum atomic E-state index is -0.490. The van der Waals surface area contributed by atoms with Gasteiger partial charge in [0.2, 0.25) is 0 Å². The Morgan fingerprint density at radius 2 is 2.00 bits per heavy atom. The molecule has 76 valence electrons. The van der Waals surface area contributed by atoms with Crippen molar-refractivity contribution in [2.24, 2.45) is 5.73 Å². The second-order valence-electron chi connectivity index (χ2n) is 2.37. The lowest BCUT2D eigenvalue weighted by molar-refractivity contribution is 0.0995. The fourth-order valence-corrected chi connectivity index (χ4v) is 0.713. The topological polar surface area (TPSA) is 94.7 Å². The Balaban J connectivity index is 0.000000162. The molecule has 0 bridgehead atoms. The highest BCUT2D eigenvalue weighted by Gasteiger charge is 1.95. The van der Waals surface area contributed by atoms with Gasteiger partial charge in [-0.1, -0.05) is 6.07 Å². The van der Waals surface area contributed by atoms with Gasteiger partial charge in [0.25, 0.3) is 5.91 Å². The number of primary amides is 1. The number of amides is 1. The summed E-state index contributed by atoms with van der Waals surface area (Å²) in [7, 11) is 0. The van der Waals surface area contributed by atoms with Crippen LogP contribution in [0, 0.1) is 0 Å². The average molecular weight is 203 g/mol. The normalized spacial score (nSPS) is 8.53. The zero-order valence-electron chi connectivity index (χ0n) is 7.82. The van der Waals surface area contributed by atoms with Crippen LogP contribution in [-0.2, 0) is 0 Å². The van der Waals surface area contributed by atoms with Crippen molar-refractivity contribution in [3.05, 3.63) is 48.8 Å². The zero-order valence-corrected chi connectivity index (χ0v) is 7.82. The van der Waals surface area contributed by atoms with E-state index in [0.29, 0.717) is 5.69 Å². The first-order chi connectivity index (χ1) is 7.30. The fourth-order valence-electron chi connectivity index (χ4n) is 0.713. The van der Waals surface area contributed by atoms with E-state index in [9.17, 15) is 4.79 Å². The molecule has 0 saturated heterocycles. The van der Waals surface area contributed by atoms with Crippen LogP contribution in [0.3, 0.4) is 0 Å². The number of hydrogen-bond donors (Lipinski definition) is 1. The molecule has 6 nitrogen and oxygen atoms in total. The van der Waals surface area contributed by atoms with E-state index in [1.165, 1.54) is 18.7 Å². The molecule has 0 aliphatic carbocycles. The smallest absolute Gasteiger partial charge is 0.267 e. The molecule has 0 radical (unpaired) electrons. The Morgan fingerprint density at radius 1 is 1.13 bits per heavy atom. The Bertz CT molecular complexity index is 365. The molecule has 0 atom stereocenters. The summed E-state index contributed by atoms with van der Waals surface area (Å²) >= 11 is 0. The minimum absolute atomic E-state index is 0.303. The molecular formula is C9H9N5O. The average Bonchev–Trinajstić information content (AvgIpc) is 2.33. The van der Waals surface area contributed by atoms with Gasteiger partial charge in [-0.3, -0.25) is 9.78 Å². The van der Waals surface area contributed by atoms with E-state index < -0.39 is 5.91 Å². The molecule has 0 fully saturated rings. The van der Waals surface area contributed by atoms with Gasteiger partial charge in [0.15, 0.2) is 0 Å². The van der Waals surface area contributed by atoms with Crippen molar-refractivity contribution in [3.8, 4) is 0 Å². The monoisotopic (exact) mass is 203 g/mol. The summed E-state index contributed by atoms with van der Waals surface area (Å²) in [5.74, 6) is -0.490. The van der Waals surface area contributed by atoms with Gasteiger partial charge in [-0.2, -0.15) is 5.10 Å². The molecule has 2 N–H and O–H groups in total. The molecule has 2 aromatic heterocycles. The van der Waals surface area contributed by atoms with Gasteiger partial charge >= 0.3 is 0 Å². The molecule has 15 heavy (non-hydrogen) atoms. The van der Waals surface area contributed by atoms with Crippen LogP contribution < -0.4 is 5.73 Å². The summed E-state index contributed by atoms with van der Waals surface area (Å²) in [6, 6.07) is 5.02. The standard InChI is InChI=1S/C6H6N2O.C3H3N3/c7-6(9)5-3-1-2-4-8-5;1-2-5-6-3-4-1/h1-4H,(H2,7,9);1-3H. The van der Waals surface area contributed by atoms with Gasteiger partial charge in [0, 0.05) is 12.4 Å². The maximum atomic E-state index is 10.4. The largest absolute Gasteiger partial charge is 0.364 e. The number of rotatable bonds is 1. The zero-order chi connectivity index (χ0) is 10.9. The SMILES string of the molecule is NC(=O)c1ccccn1.c1cnncn1. The molecule has 0 spiro atoms. The second-order valence-corrected chi connectivity index (χ2v) is 2.37. The third kappa shape index (κ3) is 4.41. The maximum absolute atomic E-state index is 10.4. The summed E-state index contributed by atoms with van der Waals surface area (Å²) < 4.78 is 0. The highest BCUT2D eigenvalue weighted by Crippen LogP contribution is 1.88. The summed E-state index contributed by atoms with van der Waals surface area (Å²) in [5.41, 5.74) is 5.22. The minimum Gasteiger partial charge on any atom is -0.364 e. The van der Waals surface area contributed by atoms with Crippen LogP contribution in [0.25, 0.3) is 0 Å². The van der Waals surface area contributed by atoms with Crippen LogP contribution in [-0.4, -0.2) is 26.1 Å². The lowest BCUT2D eigenvalue weighted by Gasteiger charge is -1.88. The van der Waals surface area contributed by atoms with Crippen molar-refractivity contribution in [1.82, 2.24) is 20.2 Å². The van der Waals surface area contributed by atoms with E-state index in [-0.39, 0.29) is 0 Å². The van der Waals surface area contributed by atoms with E-state index in [4.69, 9.17) is 5.73 Å². The molecule has 0 saturated carbocycles. The molecule has 2 aromatic rings. The highest BCUT2D eigenvalue weighted by molar-refractivity contribution is 5.90. The van der Waals surface area contributed by atoms with E-state index >= 15 is 0 Å². The quantitative estimate of drug-likeness (QED) is 0.706. The van der Waals surface area contributed by atoms with Crippen molar-refractivity contribution >= 4 is 5.91 Å². The number of nitrogens with zero attached hydrogens (tertiary/aromatic N) is 4. The van der Waals surface area contributed by atoms with Gasteiger partial charge in [-0.15, -0.1) is 5.10 Å². The summed E-state index contributed by atoms with van der Waals surface area (Å²) in [4.78, 5) is 17.7. The van der Waals surface area contributed by atoms with Gasteiger partial charge in [-0.25, -0.2) is 4.98 Å². The van der Waals surface area contributed by atoms with Gasteiger partial charge in [0.1, 0.15) is 12.0 Å². The third-order valence-corrected chi connectivity index (χ3v) is 1.32. The summed E-state index contributed by atoms with van der Waals surface area (Å²) in [6.07, 6.45) is 6.02. The first kappa shape index (κ1) is 10.7. The Hall–Kier alpha value is -2.37. The lowest BCUT2D eigenvalue weighted by Crippen LogP contribution is -2.12. The number of nitrogens with two attached hydrogens (primary N) is 1. The van der Waals surface area contributed by atoms with Crippen LogP contribution in [0.4, 0.5) is 0 Å². The second kappa shape index (κ2) is 6.14. The van der Waals surface area contributed by atoms with Crippen LogP contribution >= 0.6 is 0 Å². The van der Waals surface area contributed by atoms with E-state index in [1.54, 1.807) is 24.4 Å². The highest BCUT2D eigenvalue weighted by atomic mass is 16.1. The van der Waals surface area contributed by atoms with Gasteiger partial charge in [-0.05, 0) is 12.1 Å². The van der Waals surface area contributed by atoms with E-state index in [0.717, 1.165) is 0 Å². The number of hydrogen-bond acceptors (Lipinski definition) is 5. The molecule has 6 heteroatoms. The van der Waals surface area contributed by atoms with Crippen molar-refractivity contribution in [3.63, 3.8) is 0 Å². The van der Waals surface area contributed by atoms with Crippen LogP contribution in [0.2, 0.25) is 0 Å². The van der Waals surface area contributed by atoms with Crippen molar-refractivity contribution in [1.29, 1.82) is 0 Å². The Kier molecular flexibility index (Phi) is 4.38. The number of carbonyl (C=O) groups is 1. The maximum Gasteiger partial charge on any atom is 0.267 e. The molecule has 0 aliphatic heterocycles. The number of pyridine rings is 1. The summed E-state index contributed by atoms with van der Waals surface area (Å²) in [5, 5.41) is 6.90. The van der Waals surface area contributed by atoms with Crippen molar-refractivity contribution in [2.75, 3.05) is 0 Å². The van der Waals surface area contributed by atoms with Crippen molar-refractivity contribution < 1.29 is 4.79 Å². The van der Waals surface area contributed by atoms with Crippen LogP contribution in [0.1, 0.15) is 10.5 Å². The molecule has 1 amide bonds. The number of carbonyl (C=O) groups excluding carboxylic acids is 1. The Morgan fingerprint density at radius 3 is 2.27 bits per heavy atom. The van der Waals surface area contributed by atoms with E-state index in [2.05, 4.69) is 20.2 Å². The van der Waals surface area contributed by atoms with Crippen LogP contribution in [0.15, 0.2) is 43.1 Å². The molecule has 0 aromatic carbocycles. The van der Waals surface area contributed by atoms with Gasteiger partial charge in [0.05, 0.1) is 6.20 Å². The Labute approximate surface area is 86.2 Å². The lowest BCUT2D eigenvalue weighted by atomic mass is 10.3. The summed E-state index contributed by atoms with van der Waals surface area (Å²) in [6.45, 7) is 0. The molecule has 0 aliphatic rings. The molecule has 2 rings (SSSR count). The first-order valence-electron chi connectivity index (χ1n) is 4.08. The third-order valence-electron chi connectivity index (χ3n) is 1.32. The predicted molar refractivity (Wildman–Crippen MR) is 52.6 cm³/mol. The molecule has 2 heterocycles. The van der Waals surface area contributed by atoms with Crippen molar-refractivity contribution in [2.45, 2.75) is 0 Å². The molecule has 0 unspecified atom stereocenters. The van der Waals surface area contributed by atoms with Gasteiger partial charge < -0.3 is 5.73 Å². The van der Waals surface area contributed by atoms with Crippen LogP contribution in [0.5, 0.6) is 0 Å². The molecular weight excluding hydrogens is 194 g/mol. The van der Waals surface area contributed by atoms with E-state index in [1.807, 2.05) is 0 Å².